The second-order valence-electron chi connectivity index (χ2n) is 2.75. The normalized spacial score (nSPS) is 10.5. The fraction of sp³-hybridized carbons (Fsp3) is 0. The maximum atomic E-state index is 11.0. The van der Waals surface area contributed by atoms with E-state index in [2.05, 4.69) is 20.9 Å². The molecule has 0 aliphatic rings. The maximum absolute atomic E-state index is 11.0. The van der Waals surface area contributed by atoms with Crippen LogP contribution in [0.2, 0.25) is 0 Å². The summed E-state index contributed by atoms with van der Waals surface area (Å²) in [5.41, 5.74) is 6.51. The molecule has 4 heteroatoms. The number of hydrogen-bond acceptors (Lipinski definition) is 1. The highest BCUT2D eigenvalue weighted by molar-refractivity contribution is 9.10. The Morgan fingerprint density at radius 2 is 2.23 bits per heavy atom. The minimum Gasteiger partial charge on any atom is -0.366 e. The zero-order valence-electron chi connectivity index (χ0n) is 6.67. The van der Waals surface area contributed by atoms with E-state index in [0.717, 1.165) is 15.5 Å². The predicted octanol–water partition coefficient (Wildman–Crippen LogP) is 2.03. The first-order valence-corrected chi connectivity index (χ1v) is 4.55. The third-order valence-electron chi connectivity index (χ3n) is 1.89. The zero-order chi connectivity index (χ0) is 9.42. The lowest BCUT2D eigenvalue weighted by Gasteiger charge is -1.96. The molecular formula is C9H7BrN2O. The van der Waals surface area contributed by atoms with Gasteiger partial charge < -0.3 is 10.7 Å². The second-order valence-corrected chi connectivity index (χ2v) is 3.61. The number of nitrogens with one attached hydrogen (secondary N) is 1. The molecular weight excluding hydrogens is 232 g/mol. The van der Waals surface area contributed by atoms with Gasteiger partial charge in [0.15, 0.2) is 0 Å². The number of rotatable bonds is 1. The number of carbonyl (C=O) groups is 1. The smallest absolute Gasteiger partial charge is 0.250 e. The Morgan fingerprint density at radius 1 is 1.46 bits per heavy atom. The van der Waals surface area contributed by atoms with E-state index in [1.54, 1.807) is 6.07 Å². The Bertz CT molecular complexity index is 475. The molecule has 2 aromatic rings. The van der Waals surface area contributed by atoms with Crippen molar-refractivity contribution in [1.82, 2.24) is 4.98 Å². The van der Waals surface area contributed by atoms with Crippen LogP contribution in [0.25, 0.3) is 10.9 Å². The summed E-state index contributed by atoms with van der Waals surface area (Å²) in [6.45, 7) is 0. The molecule has 1 aromatic heterocycles. The lowest BCUT2D eigenvalue weighted by atomic mass is 10.1. The predicted molar refractivity (Wildman–Crippen MR) is 54.5 cm³/mol. The van der Waals surface area contributed by atoms with Crippen molar-refractivity contribution < 1.29 is 4.79 Å². The lowest BCUT2D eigenvalue weighted by Crippen LogP contribution is -2.11. The van der Waals surface area contributed by atoms with Gasteiger partial charge in [-0.2, -0.15) is 0 Å². The molecule has 0 aliphatic carbocycles. The Balaban J connectivity index is 2.82. The number of hydrogen-bond donors (Lipinski definition) is 2. The van der Waals surface area contributed by atoms with Crippen LogP contribution in [0.3, 0.4) is 0 Å². The van der Waals surface area contributed by atoms with Gasteiger partial charge in [0.2, 0.25) is 0 Å². The van der Waals surface area contributed by atoms with Crippen molar-refractivity contribution in [1.29, 1.82) is 0 Å². The summed E-state index contributed by atoms with van der Waals surface area (Å²) in [7, 11) is 0. The summed E-state index contributed by atoms with van der Waals surface area (Å²) in [6.07, 6.45) is 0. The standard InChI is InChI=1S/C9H7BrN2O/c10-7-4-5-2-1-3-6(9(11)13)8(5)12-7/h1-4,12H,(H2,11,13). The Labute approximate surface area is 83.1 Å². The number of amides is 1. The summed E-state index contributed by atoms with van der Waals surface area (Å²) in [5.74, 6) is -0.417. The highest BCUT2D eigenvalue weighted by atomic mass is 79.9. The Kier molecular flexibility index (Phi) is 1.84. The lowest BCUT2D eigenvalue weighted by molar-refractivity contribution is 0.100. The van der Waals surface area contributed by atoms with Crippen LogP contribution in [0.15, 0.2) is 28.9 Å². The number of nitrogens with two attached hydrogens (primary N) is 1. The van der Waals surface area contributed by atoms with Crippen molar-refractivity contribution in [2.45, 2.75) is 0 Å². The van der Waals surface area contributed by atoms with E-state index in [-0.39, 0.29) is 0 Å². The molecule has 0 fully saturated rings. The summed E-state index contributed by atoms with van der Waals surface area (Å²) in [6, 6.07) is 7.33. The van der Waals surface area contributed by atoms with Crippen LogP contribution < -0.4 is 5.73 Å². The molecule has 3 N–H and O–H groups in total. The molecule has 66 valence electrons. The number of halogens is 1. The van der Waals surface area contributed by atoms with Crippen molar-refractivity contribution >= 4 is 32.7 Å². The van der Waals surface area contributed by atoms with Gasteiger partial charge in [-0.15, -0.1) is 0 Å². The molecule has 1 heterocycles. The van der Waals surface area contributed by atoms with Gasteiger partial charge in [-0.3, -0.25) is 4.79 Å². The third kappa shape index (κ3) is 1.33. The molecule has 0 spiro atoms. The summed E-state index contributed by atoms with van der Waals surface area (Å²) in [5, 5.41) is 0.975. The fourth-order valence-electron chi connectivity index (χ4n) is 1.33. The van der Waals surface area contributed by atoms with Crippen LogP contribution in [-0.4, -0.2) is 10.9 Å². The molecule has 3 nitrogen and oxygen atoms in total. The molecule has 0 aliphatic heterocycles. The average Bonchev–Trinajstić information content (AvgIpc) is 2.43. The fourth-order valence-corrected chi connectivity index (χ4v) is 1.77. The number of benzene rings is 1. The number of aromatic nitrogens is 1. The molecule has 0 unspecified atom stereocenters. The SMILES string of the molecule is NC(=O)c1cccc2cc(Br)[nH]c12. The van der Waals surface area contributed by atoms with E-state index >= 15 is 0 Å². The number of para-hydroxylation sites is 1. The number of aromatic amines is 1. The monoisotopic (exact) mass is 238 g/mol. The van der Waals surface area contributed by atoms with E-state index in [4.69, 9.17) is 5.73 Å². The summed E-state index contributed by atoms with van der Waals surface area (Å²) >= 11 is 3.30. The van der Waals surface area contributed by atoms with Gasteiger partial charge in [0.25, 0.3) is 5.91 Å². The van der Waals surface area contributed by atoms with Crippen LogP contribution in [0.5, 0.6) is 0 Å². The number of carbonyl (C=O) groups excluding carboxylic acids is 1. The third-order valence-corrected chi connectivity index (χ3v) is 2.32. The average molecular weight is 239 g/mol. The Morgan fingerprint density at radius 3 is 2.92 bits per heavy atom. The van der Waals surface area contributed by atoms with Crippen LogP contribution in [-0.2, 0) is 0 Å². The van der Waals surface area contributed by atoms with Crippen molar-refractivity contribution in [2.24, 2.45) is 5.73 Å². The van der Waals surface area contributed by atoms with Gasteiger partial charge >= 0.3 is 0 Å². The minimum absolute atomic E-state index is 0.417. The number of primary amides is 1. The first-order chi connectivity index (χ1) is 6.18. The van der Waals surface area contributed by atoms with Gasteiger partial charge in [0.05, 0.1) is 15.7 Å². The first kappa shape index (κ1) is 8.31. The highest BCUT2D eigenvalue weighted by Crippen LogP contribution is 2.21. The van der Waals surface area contributed by atoms with Crippen LogP contribution in [0, 0.1) is 0 Å². The Hall–Kier alpha value is -1.29. The number of H-pyrrole nitrogens is 1. The molecule has 13 heavy (non-hydrogen) atoms. The molecule has 0 saturated heterocycles. The molecule has 1 aromatic carbocycles. The van der Waals surface area contributed by atoms with Crippen molar-refractivity contribution in [3.63, 3.8) is 0 Å². The van der Waals surface area contributed by atoms with Gasteiger partial charge in [-0.1, -0.05) is 12.1 Å². The number of fused-ring (bicyclic) bond motifs is 1. The van der Waals surface area contributed by atoms with E-state index in [0.29, 0.717) is 5.56 Å². The van der Waals surface area contributed by atoms with Crippen LogP contribution in [0.1, 0.15) is 10.4 Å². The van der Waals surface area contributed by atoms with Gasteiger partial charge in [0, 0.05) is 5.39 Å². The van der Waals surface area contributed by atoms with E-state index in [1.165, 1.54) is 0 Å². The molecule has 1 amide bonds. The van der Waals surface area contributed by atoms with Crippen molar-refractivity contribution in [2.75, 3.05) is 0 Å². The summed E-state index contributed by atoms with van der Waals surface area (Å²) < 4.78 is 0.844. The molecule has 0 saturated carbocycles. The quantitative estimate of drug-likeness (QED) is 0.785. The molecule has 0 atom stereocenters. The highest BCUT2D eigenvalue weighted by Gasteiger charge is 2.07. The van der Waals surface area contributed by atoms with Crippen molar-refractivity contribution in [3.05, 3.63) is 34.4 Å². The summed E-state index contributed by atoms with van der Waals surface area (Å²) in [4.78, 5) is 14.0. The van der Waals surface area contributed by atoms with E-state index in [1.807, 2.05) is 18.2 Å². The van der Waals surface area contributed by atoms with Crippen LogP contribution >= 0.6 is 15.9 Å². The zero-order valence-corrected chi connectivity index (χ0v) is 8.26. The van der Waals surface area contributed by atoms with Crippen LogP contribution in [0.4, 0.5) is 0 Å². The van der Waals surface area contributed by atoms with Gasteiger partial charge in [-0.05, 0) is 28.1 Å². The maximum Gasteiger partial charge on any atom is 0.250 e. The first-order valence-electron chi connectivity index (χ1n) is 3.75. The topological polar surface area (TPSA) is 58.9 Å². The molecule has 0 radical (unpaired) electrons. The molecule has 0 bridgehead atoms. The van der Waals surface area contributed by atoms with Gasteiger partial charge in [-0.25, -0.2) is 0 Å². The largest absolute Gasteiger partial charge is 0.366 e. The second kappa shape index (κ2) is 2.88. The van der Waals surface area contributed by atoms with Crippen molar-refractivity contribution in [3.8, 4) is 0 Å². The van der Waals surface area contributed by atoms with E-state index < -0.39 is 5.91 Å². The van der Waals surface area contributed by atoms with Gasteiger partial charge in [0.1, 0.15) is 0 Å². The minimum atomic E-state index is -0.417. The van der Waals surface area contributed by atoms with E-state index in [9.17, 15) is 4.79 Å². The molecule has 2 rings (SSSR count).